The topological polar surface area (TPSA) is 83.8 Å². The second-order valence-corrected chi connectivity index (χ2v) is 7.94. The molecule has 1 amide bonds. The number of nitrogens with one attached hydrogen (secondary N) is 1. The Labute approximate surface area is 158 Å². The molecule has 1 N–H and O–H groups in total. The van der Waals surface area contributed by atoms with Gasteiger partial charge in [-0.3, -0.25) is 4.79 Å². The number of hydrogen-bond acceptors (Lipinski definition) is 4. The fraction of sp³-hybridized carbons (Fsp3) is 0.263. The van der Waals surface area contributed by atoms with Crippen molar-refractivity contribution in [3.63, 3.8) is 0 Å². The zero-order chi connectivity index (χ0) is 19.4. The Balaban J connectivity index is 1.68. The number of carbonyl (C=O) groups is 1. The van der Waals surface area contributed by atoms with Gasteiger partial charge in [-0.1, -0.05) is 19.9 Å². The van der Waals surface area contributed by atoms with Gasteiger partial charge in [-0.2, -0.15) is 9.40 Å². The molecule has 0 saturated heterocycles. The standard InChI is InChI=1S/C19H22N4O3S/c1-3-22(4-2)27(25,26)18-10-8-15(9-11-18)19(24)20-14-16-13-17-7-5-6-12-23(17)21-16/h5-13H,3-4,14H2,1-2H3,(H,20,24). The average Bonchev–Trinajstić information content (AvgIpc) is 3.10. The summed E-state index contributed by atoms with van der Waals surface area (Å²) in [6, 6.07) is 13.6. The van der Waals surface area contributed by atoms with Gasteiger partial charge >= 0.3 is 0 Å². The summed E-state index contributed by atoms with van der Waals surface area (Å²) in [5.74, 6) is -0.279. The van der Waals surface area contributed by atoms with Gasteiger partial charge in [0.25, 0.3) is 5.91 Å². The molecule has 8 heteroatoms. The van der Waals surface area contributed by atoms with Crippen LogP contribution in [0.15, 0.2) is 59.6 Å². The quantitative estimate of drug-likeness (QED) is 0.675. The summed E-state index contributed by atoms with van der Waals surface area (Å²) in [5.41, 5.74) is 2.10. The maximum atomic E-state index is 12.5. The van der Waals surface area contributed by atoms with Gasteiger partial charge in [-0.25, -0.2) is 12.9 Å². The Bertz CT molecular complexity index is 1010. The average molecular weight is 386 g/mol. The highest BCUT2D eigenvalue weighted by Crippen LogP contribution is 2.16. The Kier molecular flexibility index (Phi) is 5.57. The highest BCUT2D eigenvalue weighted by atomic mass is 32.2. The van der Waals surface area contributed by atoms with Gasteiger partial charge < -0.3 is 5.32 Å². The molecule has 0 fully saturated rings. The number of hydrogen-bond donors (Lipinski definition) is 1. The molecule has 7 nitrogen and oxygen atoms in total. The van der Waals surface area contributed by atoms with Gasteiger partial charge in [0.15, 0.2) is 0 Å². The molecule has 0 saturated carbocycles. The molecule has 0 aliphatic rings. The SMILES string of the molecule is CCN(CC)S(=O)(=O)c1ccc(C(=O)NCc2cc3ccccn3n2)cc1. The summed E-state index contributed by atoms with van der Waals surface area (Å²) >= 11 is 0. The van der Waals surface area contributed by atoms with E-state index in [2.05, 4.69) is 10.4 Å². The van der Waals surface area contributed by atoms with Crippen molar-refractivity contribution in [3.05, 3.63) is 66.0 Å². The maximum absolute atomic E-state index is 12.5. The van der Waals surface area contributed by atoms with Crippen LogP contribution in [0.2, 0.25) is 0 Å². The van der Waals surface area contributed by atoms with Crippen molar-refractivity contribution in [2.75, 3.05) is 13.1 Å². The minimum atomic E-state index is -3.52. The molecule has 0 radical (unpaired) electrons. The molecule has 2 heterocycles. The number of aromatic nitrogens is 2. The van der Waals surface area contributed by atoms with Crippen LogP contribution >= 0.6 is 0 Å². The number of nitrogens with zero attached hydrogens (tertiary/aromatic N) is 3. The Hall–Kier alpha value is -2.71. The van der Waals surface area contributed by atoms with Gasteiger partial charge in [0.2, 0.25) is 10.0 Å². The zero-order valence-corrected chi connectivity index (χ0v) is 16.1. The van der Waals surface area contributed by atoms with Gasteiger partial charge in [0, 0.05) is 24.8 Å². The first-order valence-corrected chi connectivity index (χ1v) is 10.2. The summed E-state index contributed by atoms with van der Waals surface area (Å²) in [6.07, 6.45) is 1.84. The summed E-state index contributed by atoms with van der Waals surface area (Å²) in [4.78, 5) is 12.5. The molecule has 2 aromatic heterocycles. The lowest BCUT2D eigenvalue weighted by Crippen LogP contribution is -2.30. The molecule has 3 rings (SSSR count). The van der Waals surface area contributed by atoms with Crippen LogP contribution in [-0.4, -0.2) is 41.3 Å². The predicted molar refractivity (Wildman–Crippen MR) is 103 cm³/mol. The minimum absolute atomic E-state index is 0.183. The first kappa shape index (κ1) is 19.1. The fourth-order valence-electron chi connectivity index (χ4n) is 2.84. The van der Waals surface area contributed by atoms with E-state index < -0.39 is 10.0 Å². The number of amides is 1. The number of carbonyl (C=O) groups excluding carboxylic acids is 1. The van der Waals surface area contributed by atoms with Crippen LogP contribution < -0.4 is 5.32 Å². The summed E-state index contributed by atoms with van der Waals surface area (Å²) in [6.45, 7) is 4.69. The number of rotatable bonds is 7. The second-order valence-electron chi connectivity index (χ2n) is 6.00. The van der Waals surface area contributed by atoms with Crippen molar-refractivity contribution in [2.45, 2.75) is 25.3 Å². The normalized spacial score (nSPS) is 11.8. The molecular weight excluding hydrogens is 364 g/mol. The lowest BCUT2D eigenvalue weighted by Gasteiger charge is -2.18. The van der Waals surface area contributed by atoms with Crippen LogP contribution in [0.25, 0.3) is 5.52 Å². The first-order chi connectivity index (χ1) is 13.0. The smallest absolute Gasteiger partial charge is 0.251 e. The van der Waals surface area contributed by atoms with Crippen molar-refractivity contribution < 1.29 is 13.2 Å². The Morgan fingerprint density at radius 2 is 1.81 bits per heavy atom. The third-order valence-corrected chi connectivity index (χ3v) is 6.37. The van der Waals surface area contributed by atoms with E-state index in [1.54, 1.807) is 18.4 Å². The van der Waals surface area contributed by atoms with E-state index >= 15 is 0 Å². The van der Waals surface area contributed by atoms with E-state index in [4.69, 9.17) is 0 Å². The van der Waals surface area contributed by atoms with Crippen molar-refractivity contribution in [2.24, 2.45) is 0 Å². The van der Waals surface area contributed by atoms with Crippen LogP contribution in [0.1, 0.15) is 29.9 Å². The predicted octanol–water partition coefficient (Wildman–Crippen LogP) is 2.29. The monoisotopic (exact) mass is 386 g/mol. The number of pyridine rings is 1. The van der Waals surface area contributed by atoms with Crippen LogP contribution in [0, 0.1) is 0 Å². The Morgan fingerprint density at radius 1 is 1.11 bits per heavy atom. The van der Waals surface area contributed by atoms with E-state index in [0.717, 1.165) is 11.2 Å². The van der Waals surface area contributed by atoms with Crippen molar-refractivity contribution >= 4 is 21.4 Å². The van der Waals surface area contributed by atoms with Crippen LogP contribution in [0.5, 0.6) is 0 Å². The largest absolute Gasteiger partial charge is 0.346 e. The third kappa shape index (κ3) is 4.01. The molecule has 0 aliphatic heterocycles. The second kappa shape index (κ2) is 7.89. The minimum Gasteiger partial charge on any atom is -0.346 e. The van der Waals surface area contributed by atoms with E-state index in [9.17, 15) is 13.2 Å². The molecule has 27 heavy (non-hydrogen) atoms. The molecular formula is C19H22N4O3S. The van der Waals surface area contributed by atoms with Crippen molar-refractivity contribution in [1.29, 1.82) is 0 Å². The fourth-order valence-corrected chi connectivity index (χ4v) is 4.30. The van der Waals surface area contributed by atoms with Crippen LogP contribution in [0.4, 0.5) is 0 Å². The van der Waals surface area contributed by atoms with Crippen LogP contribution in [-0.2, 0) is 16.6 Å². The molecule has 142 valence electrons. The summed E-state index contributed by atoms with van der Waals surface area (Å²) in [7, 11) is -3.52. The van der Waals surface area contributed by atoms with Gasteiger partial charge in [-0.05, 0) is 42.5 Å². The summed E-state index contributed by atoms with van der Waals surface area (Å²) in [5, 5.41) is 7.18. The third-order valence-electron chi connectivity index (χ3n) is 4.31. The highest BCUT2D eigenvalue weighted by Gasteiger charge is 2.21. The van der Waals surface area contributed by atoms with E-state index in [1.165, 1.54) is 28.6 Å². The van der Waals surface area contributed by atoms with E-state index in [0.29, 0.717) is 25.2 Å². The van der Waals surface area contributed by atoms with Crippen molar-refractivity contribution in [3.8, 4) is 0 Å². The molecule has 0 bridgehead atoms. The molecule has 0 unspecified atom stereocenters. The van der Waals surface area contributed by atoms with Crippen LogP contribution in [0.3, 0.4) is 0 Å². The number of benzene rings is 1. The lowest BCUT2D eigenvalue weighted by atomic mass is 10.2. The highest BCUT2D eigenvalue weighted by molar-refractivity contribution is 7.89. The van der Waals surface area contributed by atoms with Crippen molar-refractivity contribution in [1.82, 2.24) is 19.2 Å². The Morgan fingerprint density at radius 3 is 2.44 bits per heavy atom. The molecule has 0 spiro atoms. The summed E-state index contributed by atoms with van der Waals surface area (Å²) < 4.78 is 28.1. The van der Waals surface area contributed by atoms with Gasteiger partial charge in [-0.15, -0.1) is 0 Å². The molecule has 0 atom stereocenters. The number of sulfonamides is 1. The lowest BCUT2D eigenvalue weighted by molar-refractivity contribution is 0.0950. The maximum Gasteiger partial charge on any atom is 0.251 e. The van der Waals surface area contributed by atoms with Gasteiger partial charge in [0.05, 0.1) is 22.7 Å². The molecule has 0 aliphatic carbocycles. The molecule has 3 aromatic rings. The number of fused-ring (bicyclic) bond motifs is 1. The van der Waals surface area contributed by atoms with Gasteiger partial charge in [0.1, 0.15) is 0 Å². The zero-order valence-electron chi connectivity index (χ0n) is 15.3. The first-order valence-electron chi connectivity index (χ1n) is 8.77. The van der Waals surface area contributed by atoms with E-state index in [-0.39, 0.29) is 10.8 Å². The van der Waals surface area contributed by atoms with E-state index in [1.807, 2.05) is 30.5 Å². The molecule has 1 aromatic carbocycles.